The molecule has 1 fully saturated rings. The summed E-state index contributed by atoms with van der Waals surface area (Å²) in [7, 11) is -3.76. The van der Waals surface area contributed by atoms with Gasteiger partial charge in [-0.3, -0.25) is 0 Å². The molecule has 1 aliphatic rings. The summed E-state index contributed by atoms with van der Waals surface area (Å²) in [4.78, 5) is -0.0977. The maximum Gasteiger partial charge on any atom is 0.240 e. The average Bonchev–Trinajstić information content (AvgIpc) is 2.50. The predicted molar refractivity (Wildman–Crippen MR) is 80.8 cm³/mol. The molecule has 1 aliphatic heterocycles. The second-order valence-electron chi connectivity index (χ2n) is 5.28. The average molecular weight is 352 g/mol. The van der Waals surface area contributed by atoms with Gasteiger partial charge >= 0.3 is 0 Å². The number of hydrogen-bond donors (Lipinski definition) is 2. The minimum atomic E-state index is -3.76. The molecule has 0 aliphatic carbocycles. The molecule has 124 valence electrons. The summed E-state index contributed by atoms with van der Waals surface area (Å²) in [6.45, 7) is 1.36. The van der Waals surface area contributed by atoms with Crippen molar-refractivity contribution in [2.75, 3.05) is 19.8 Å². The molecule has 0 radical (unpaired) electrons. The Hall–Kier alpha value is -0.730. The molecule has 1 unspecified atom stereocenters. The van der Waals surface area contributed by atoms with E-state index < -0.39 is 21.9 Å². The van der Waals surface area contributed by atoms with Crippen molar-refractivity contribution in [3.8, 4) is 0 Å². The fourth-order valence-corrected chi connectivity index (χ4v) is 3.72. The lowest BCUT2D eigenvalue weighted by atomic mass is 9.92. The highest BCUT2D eigenvalue weighted by atomic mass is 35.5. The number of aliphatic hydroxyl groups excluding tert-OH is 1. The third-order valence-electron chi connectivity index (χ3n) is 3.74. The summed E-state index contributed by atoms with van der Waals surface area (Å²) in [6, 6.07) is 3.22. The maximum absolute atomic E-state index is 13.1. The zero-order valence-corrected chi connectivity index (χ0v) is 13.5. The van der Waals surface area contributed by atoms with E-state index >= 15 is 0 Å². The van der Waals surface area contributed by atoms with Crippen LogP contribution in [-0.4, -0.2) is 39.4 Å². The van der Waals surface area contributed by atoms with Crippen molar-refractivity contribution in [1.29, 1.82) is 0 Å². The van der Waals surface area contributed by atoms with Crippen molar-refractivity contribution in [3.63, 3.8) is 0 Å². The third kappa shape index (κ3) is 4.63. The molecule has 8 heteroatoms. The van der Waals surface area contributed by atoms with E-state index in [0.717, 1.165) is 31.0 Å². The molecule has 22 heavy (non-hydrogen) atoms. The Bertz CT molecular complexity index is 605. The number of aliphatic hydroxyl groups is 1. The Morgan fingerprint density at radius 1 is 1.41 bits per heavy atom. The van der Waals surface area contributed by atoms with E-state index in [0.29, 0.717) is 19.6 Å². The van der Waals surface area contributed by atoms with Crippen LogP contribution in [0.4, 0.5) is 4.39 Å². The Balaban J connectivity index is 1.88. The van der Waals surface area contributed by atoms with E-state index in [9.17, 15) is 17.9 Å². The molecule has 0 aromatic heterocycles. The summed E-state index contributed by atoms with van der Waals surface area (Å²) in [5, 5.41) is 9.82. The first kappa shape index (κ1) is 17.6. The van der Waals surface area contributed by atoms with E-state index in [2.05, 4.69) is 4.72 Å². The molecule has 0 spiro atoms. The summed E-state index contributed by atoms with van der Waals surface area (Å²) in [5.74, 6) is -0.533. The van der Waals surface area contributed by atoms with E-state index in [4.69, 9.17) is 16.3 Å². The van der Waals surface area contributed by atoms with Gasteiger partial charge in [0.05, 0.1) is 16.0 Å². The maximum atomic E-state index is 13.1. The van der Waals surface area contributed by atoms with Gasteiger partial charge in [0.2, 0.25) is 10.0 Å². The van der Waals surface area contributed by atoms with E-state index in [1.54, 1.807) is 0 Å². The Morgan fingerprint density at radius 2 is 2.09 bits per heavy atom. The van der Waals surface area contributed by atoms with Crippen LogP contribution in [0.2, 0.25) is 5.02 Å². The van der Waals surface area contributed by atoms with E-state index in [1.165, 1.54) is 0 Å². The molecule has 0 saturated carbocycles. The quantitative estimate of drug-likeness (QED) is 0.821. The molecule has 5 nitrogen and oxygen atoms in total. The fourth-order valence-electron chi connectivity index (χ4n) is 2.40. The number of sulfonamides is 1. The molecule has 1 aromatic rings. The van der Waals surface area contributed by atoms with Crippen LogP contribution in [0.15, 0.2) is 23.1 Å². The fraction of sp³-hybridized carbons (Fsp3) is 0.571. The van der Waals surface area contributed by atoms with Crippen LogP contribution in [-0.2, 0) is 14.8 Å². The normalized spacial score (nSPS) is 18.3. The Kier molecular flexibility index (Phi) is 6.17. The van der Waals surface area contributed by atoms with Gasteiger partial charge in [0, 0.05) is 19.8 Å². The molecular formula is C14H19ClFNO4S. The van der Waals surface area contributed by atoms with E-state index in [-0.39, 0.29) is 22.4 Å². The largest absolute Gasteiger partial charge is 0.393 e. The lowest BCUT2D eigenvalue weighted by Crippen LogP contribution is -2.32. The summed E-state index contributed by atoms with van der Waals surface area (Å²) in [5.41, 5.74) is 0. The SMILES string of the molecule is O=S(=O)(NCCC(O)C1CCOCC1)c1ccc(F)c(Cl)c1. The first-order valence-electron chi connectivity index (χ1n) is 7.10. The van der Waals surface area contributed by atoms with Crippen molar-refractivity contribution in [3.05, 3.63) is 29.0 Å². The van der Waals surface area contributed by atoms with Crippen molar-refractivity contribution in [2.45, 2.75) is 30.3 Å². The molecule has 2 rings (SSSR count). The molecule has 0 amide bonds. The van der Waals surface area contributed by atoms with Crippen LogP contribution in [0.3, 0.4) is 0 Å². The van der Waals surface area contributed by atoms with Gasteiger partial charge in [-0.1, -0.05) is 11.6 Å². The minimum absolute atomic E-state index is 0.0977. The first-order valence-corrected chi connectivity index (χ1v) is 8.97. The van der Waals surface area contributed by atoms with Gasteiger partial charge < -0.3 is 9.84 Å². The second kappa shape index (κ2) is 7.70. The van der Waals surface area contributed by atoms with Crippen LogP contribution in [0.1, 0.15) is 19.3 Å². The Labute approximate surface area is 134 Å². The van der Waals surface area contributed by atoms with Crippen LogP contribution >= 0.6 is 11.6 Å². The highest BCUT2D eigenvalue weighted by Gasteiger charge is 2.23. The highest BCUT2D eigenvalue weighted by Crippen LogP contribution is 2.21. The molecular weight excluding hydrogens is 333 g/mol. The lowest BCUT2D eigenvalue weighted by Gasteiger charge is -2.26. The predicted octanol–water partition coefficient (Wildman–Crippen LogP) is 1.93. The molecule has 2 N–H and O–H groups in total. The zero-order valence-electron chi connectivity index (χ0n) is 12.0. The minimum Gasteiger partial charge on any atom is -0.393 e. The number of rotatable bonds is 6. The molecule has 1 heterocycles. The van der Waals surface area contributed by atoms with Gasteiger partial charge in [-0.15, -0.1) is 0 Å². The first-order chi connectivity index (χ1) is 10.4. The van der Waals surface area contributed by atoms with Gasteiger partial charge in [0.1, 0.15) is 5.82 Å². The van der Waals surface area contributed by atoms with Crippen LogP contribution in [0.5, 0.6) is 0 Å². The standard InChI is InChI=1S/C14H19ClFNO4S/c15-12-9-11(1-2-13(12)16)22(19,20)17-6-3-14(18)10-4-7-21-8-5-10/h1-2,9-10,14,17-18H,3-8H2. The second-order valence-corrected chi connectivity index (χ2v) is 7.45. The van der Waals surface area contributed by atoms with Crippen LogP contribution < -0.4 is 4.72 Å². The van der Waals surface area contributed by atoms with Crippen molar-refractivity contribution in [2.24, 2.45) is 5.92 Å². The number of benzene rings is 1. The van der Waals surface area contributed by atoms with Gasteiger partial charge in [0.15, 0.2) is 0 Å². The number of ether oxygens (including phenoxy) is 1. The monoisotopic (exact) mass is 351 g/mol. The molecule has 1 saturated heterocycles. The van der Waals surface area contributed by atoms with Crippen molar-refractivity contribution in [1.82, 2.24) is 4.72 Å². The zero-order chi connectivity index (χ0) is 16.2. The Morgan fingerprint density at radius 3 is 2.73 bits per heavy atom. The van der Waals surface area contributed by atoms with Gasteiger partial charge in [-0.2, -0.15) is 0 Å². The number of hydrogen-bond acceptors (Lipinski definition) is 4. The smallest absolute Gasteiger partial charge is 0.240 e. The van der Waals surface area contributed by atoms with Crippen molar-refractivity contribution >= 4 is 21.6 Å². The summed E-state index contributed by atoms with van der Waals surface area (Å²) in [6.07, 6.45) is 1.31. The molecule has 1 aromatic carbocycles. The number of halogens is 2. The summed E-state index contributed by atoms with van der Waals surface area (Å²) >= 11 is 5.59. The van der Waals surface area contributed by atoms with Crippen LogP contribution in [0.25, 0.3) is 0 Å². The summed E-state index contributed by atoms with van der Waals surface area (Å²) < 4.78 is 44.8. The number of nitrogens with one attached hydrogen (secondary N) is 1. The van der Waals surface area contributed by atoms with E-state index in [1.807, 2.05) is 0 Å². The molecule has 0 bridgehead atoms. The van der Waals surface area contributed by atoms with Gasteiger partial charge in [0.25, 0.3) is 0 Å². The van der Waals surface area contributed by atoms with Crippen LogP contribution in [0, 0.1) is 11.7 Å². The lowest BCUT2D eigenvalue weighted by molar-refractivity contribution is 0.00567. The van der Waals surface area contributed by atoms with Gasteiger partial charge in [-0.25, -0.2) is 17.5 Å². The van der Waals surface area contributed by atoms with Gasteiger partial charge in [-0.05, 0) is 43.4 Å². The topological polar surface area (TPSA) is 75.6 Å². The third-order valence-corrected chi connectivity index (χ3v) is 5.49. The molecule has 1 atom stereocenters. The highest BCUT2D eigenvalue weighted by molar-refractivity contribution is 7.89. The van der Waals surface area contributed by atoms with Crippen molar-refractivity contribution < 1.29 is 22.7 Å².